The van der Waals surface area contributed by atoms with Crippen LogP contribution in [0.5, 0.6) is 0 Å². The molecule has 4 heteroatoms. The van der Waals surface area contributed by atoms with Crippen molar-refractivity contribution in [2.75, 3.05) is 12.4 Å². The molecule has 100 valence electrons. The summed E-state index contributed by atoms with van der Waals surface area (Å²) in [6.45, 7) is 4.74. The molecule has 0 aliphatic heterocycles. The van der Waals surface area contributed by atoms with E-state index in [9.17, 15) is 4.79 Å². The second kappa shape index (κ2) is 7.65. The van der Waals surface area contributed by atoms with Crippen molar-refractivity contribution in [3.8, 4) is 0 Å². The molecule has 1 aromatic rings. The minimum absolute atomic E-state index is 0.123. The average molecular weight is 288 g/mol. The first kappa shape index (κ1) is 15.3. The molecule has 0 aromatic heterocycles. The van der Waals surface area contributed by atoms with Gasteiger partial charge in [0.25, 0.3) is 0 Å². The lowest BCUT2D eigenvalue weighted by Gasteiger charge is -2.26. The van der Waals surface area contributed by atoms with E-state index in [1.165, 1.54) is 0 Å². The highest BCUT2D eigenvalue weighted by atomic mass is 35.5. The summed E-state index contributed by atoms with van der Waals surface area (Å²) in [5.41, 5.74) is 0.948. The summed E-state index contributed by atoms with van der Waals surface area (Å²) >= 11 is 11.6. The van der Waals surface area contributed by atoms with Gasteiger partial charge < -0.3 is 4.90 Å². The fourth-order valence-electron chi connectivity index (χ4n) is 1.82. The van der Waals surface area contributed by atoms with Gasteiger partial charge in [-0.15, -0.1) is 11.6 Å². The highest BCUT2D eigenvalue weighted by Gasteiger charge is 2.16. The molecule has 0 saturated heterocycles. The Balaban J connectivity index is 2.66. The Bertz CT molecular complexity index is 393. The lowest BCUT2D eigenvalue weighted by atomic mass is 10.1. The van der Waals surface area contributed by atoms with Crippen molar-refractivity contribution in [2.45, 2.75) is 32.7 Å². The Morgan fingerprint density at radius 1 is 1.39 bits per heavy atom. The molecule has 0 heterocycles. The maximum absolute atomic E-state index is 12.2. The van der Waals surface area contributed by atoms with Crippen molar-refractivity contribution in [1.29, 1.82) is 0 Å². The van der Waals surface area contributed by atoms with Gasteiger partial charge in [-0.3, -0.25) is 4.79 Å². The number of carbonyl (C=O) groups is 1. The Morgan fingerprint density at radius 3 is 2.67 bits per heavy atom. The Labute approximate surface area is 119 Å². The first-order valence-electron chi connectivity index (χ1n) is 6.14. The number of halogens is 2. The molecule has 0 aliphatic carbocycles. The van der Waals surface area contributed by atoms with Gasteiger partial charge in [0.1, 0.15) is 0 Å². The minimum atomic E-state index is 0.123. The van der Waals surface area contributed by atoms with Gasteiger partial charge in [-0.1, -0.05) is 23.7 Å². The maximum Gasteiger partial charge on any atom is 0.227 e. The second-order valence-corrected chi connectivity index (χ2v) is 5.34. The molecule has 0 bridgehead atoms. The monoisotopic (exact) mass is 287 g/mol. The van der Waals surface area contributed by atoms with Crippen LogP contribution in [0.1, 0.15) is 25.8 Å². The van der Waals surface area contributed by atoms with Gasteiger partial charge in [0.15, 0.2) is 0 Å². The van der Waals surface area contributed by atoms with Crippen molar-refractivity contribution in [3.05, 3.63) is 34.9 Å². The number of alkyl halides is 1. The number of carbonyl (C=O) groups excluding carboxylic acids is 1. The van der Waals surface area contributed by atoms with Crippen LogP contribution in [0.3, 0.4) is 0 Å². The molecule has 0 radical (unpaired) electrons. The van der Waals surface area contributed by atoms with Gasteiger partial charge in [0.05, 0.1) is 6.42 Å². The summed E-state index contributed by atoms with van der Waals surface area (Å²) in [6.07, 6.45) is 1.21. The fourth-order valence-corrected chi connectivity index (χ4v) is 2.16. The first-order valence-corrected chi connectivity index (χ1v) is 7.05. The largest absolute Gasteiger partial charge is 0.340 e. The molecule has 0 aliphatic rings. The Morgan fingerprint density at radius 2 is 2.11 bits per heavy atom. The minimum Gasteiger partial charge on any atom is -0.340 e. The Hall–Kier alpha value is -0.730. The van der Waals surface area contributed by atoms with Gasteiger partial charge in [0.2, 0.25) is 5.91 Å². The van der Waals surface area contributed by atoms with Crippen LogP contribution in [0.4, 0.5) is 0 Å². The molecule has 0 unspecified atom stereocenters. The lowest BCUT2D eigenvalue weighted by Crippen LogP contribution is -2.38. The van der Waals surface area contributed by atoms with Crippen molar-refractivity contribution in [1.82, 2.24) is 4.90 Å². The van der Waals surface area contributed by atoms with Crippen LogP contribution < -0.4 is 0 Å². The van der Waals surface area contributed by atoms with Crippen LogP contribution in [0, 0.1) is 0 Å². The van der Waals surface area contributed by atoms with E-state index in [4.69, 9.17) is 23.2 Å². The van der Waals surface area contributed by atoms with Crippen LogP contribution in [0.25, 0.3) is 0 Å². The molecule has 0 spiro atoms. The third-order valence-electron chi connectivity index (χ3n) is 2.72. The van der Waals surface area contributed by atoms with Crippen molar-refractivity contribution in [3.63, 3.8) is 0 Å². The molecule has 0 saturated carbocycles. The molecular weight excluding hydrogens is 269 g/mol. The van der Waals surface area contributed by atoms with Gasteiger partial charge >= 0.3 is 0 Å². The van der Waals surface area contributed by atoms with E-state index < -0.39 is 0 Å². The van der Waals surface area contributed by atoms with Crippen LogP contribution in [-0.4, -0.2) is 29.3 Å². The molecule has 18 heavy (non-hydrogen) atoms. The van der Waals surface area contributed by atoms with E-state index >= 15 is 0 Å². The van der Waals surface area contributed by atoms with Gasteiger partial charge in [0, 0.05) is 23.5 Å². The van der Waals surface area contributed by atoms with Gasteiger partial charge in [-0.05, 0) is 38.0 Å². The van der Waals surface area contributed by atoms with E-state index in [-0.39, 0.29) is 11.9 Å². The summed E-state index contributed by atoms with van der Waals surface area (Å²) in [6, 6.07) is 7.62. The number of rotatable bonds is 6. The third kappa shape index (κ3) is 4.87. The number of hydrogen-bond acceptors (Lipinski definition) is 1. The summed E-state index contributed by atoms with van der Waals surface area (Å²) < 4.78 is 0. The Kier molecular flexibility index (Phi) is 6.51. The number of amides is 1. The third-order valence-corrected chi connectivity index (χ3v) is 3.22. The van der Waals surface area contributed by atoms with E-state index in [1.54, 1.807) is 0 Å². The molecule has 1 amide bonds. The summed E-state index contributed by atoms with van der Waals surface area (Å²) in [5, 5.41) is 0.664. The second-order valence-electron chi connectivity index (χ2n) is 4.53. The quantitative estimate of drug-likeness (QED) is 0.730. The SMILES string of the molecule is CC(C)N(CCCCl)C(=O)Cc1cccc(Cl)c1. The molecule has 0 N–H and O–H groups in total. The topological polar surface area (TPSA) is 20.3 Å². The molecule has 2 nitrogen and oxygen atoms in total. The number of nitrogens with zero attached hydrogens (tertiary/aromatic N) is 1. The summed E-state index contributed by atoms with van der Waals surface area (Å²) in [5.74, 6) is 0.700. The maximum atomic E-state index is 12.2. The number of hydrogen-bond donors (Lipinski definition) is 0. The van der Waals surface area contributed by atoms with Crippen LogP contribution in [-0.2, 0) is 11.2 Å². The summed E-state index contributed by atoms with van der Waals surface area (Å²) in [7, 11) is 0. The van der Waals surface area contributed by atoms with E-state index in [0.717, 1.165) is 12.0 Å². The van der Waals surface area contributed by atoms with Crippen molar-refractivity contribution >= 4 is 29.1 Å². The van der Waals surface area contributed by atoms with Crippen molar-refractivity contribution < 1.29 is 4.79 Å². The standard InChI is InChI=1S/C14H19Cl2NO/c1-11(2)17(8-4-7-15)14(18)10-12-5-3-6-13(16)9-12/h3,5-6,9,11H,4,7-8,10H2,1-2H3. The molecule has 1 aromatic carbocycles. The zero-order valence-electron chi connectivity index (χ0n) is 10.8. The normalized spacial score (nSPS) is 10.7. The van der Waals surface area contributed by atoms with Crippen LogP contribution in [0.15, 0.2) is 24.3 Å². The lowest BCUT2D eigenvalue weighted by molar-refractivity contribution is -0.132. The van der Waals surface area contributed by atoms with E-state index in [2.05, 4.69) is 0 Å². The fraction of sp³-hybridized carbons (Fsp3) is 0.500. The average Bonchev–Trinajstić information content (AvgIpc) is 2.29. The highest BCUT2D eigenvalue weighted by Crippen LogP contribution is 2.13. The van der Waals surface area contributed by atoms with E-state index in [0.29, 0.717) is 23.9 Å². The predicted molar refractivity (Wildman–Crippen MR) is 77.3 cm³/mol. The van der Waals surface area contributed by atoms with Crippen LogP contribution >= 0.6 is 23.2 Å². The van der Waals surface area contributed by atoms with Gasteiger partial charge in [-0.25, -0.2) is 0 Å². The first-order chi connectivity index (χ1) is 8.54. The van der Waals surface area contributed by atoms with Crippen molar-refractivity contribution in [2.24, 2.45) is 0 Å². The molecule has 1 rings (SSSR count). The molecular formula is C14H19Cl2NO. The highest BCUT2D eigenvalue weighted by molar-refractivity contribution is 6.30. The smallest absolute Gasteiger partial charge is 0.227 e. The predicted octanol–water partition coefficient (Wildman–Crippen LogP) is 3.75. The van der Waals surface area contributed by atoms with E-state index in [1.807, 2.05) is 43.0 Å². The summed E-state index contributed by atoms with van der Waals surface area (Å²) in [4.78, 5) is 14.1. The molecule has 0 fully saturated rings. The zero-order valence-corrected chi connectivity index (χ0v) is 12.3. The van der Waals surface area contributed by atoms with Gasteiger partial charge in [-0.2, -0.15) is 0 Å². The van der Waals surface area contributed by atoms with Crippen LogP contribution in [0.2, 0.25) is 5.02 Å². The molecule has 0 atom stereocenters. The number of benzene rings is 1. The zero-order chi connectivity index (χ0) is 13.5.